The second-order valence-corrected chi connectivity index (χ2v) is 10.9. The number of nitrogens with zero attached hydrogens (tertiary/aromatic N) is 1. The van der Waals surface area contributed by atoms with Crippen LogP contribution in [0.4, 0.5) is 4.39 Å². The number of halogens is 1. The van der Waals surface area contributed by atoms with Crippen molar-refractivity contribution in [2.75, 3.05) is 13.1 Å². The SMILES string of the molecule is O=C(c1ccccc1)c1cc(Pc2ccc(F)cc2CN2CCCCC2)c(O)c(C(=O)c2ccccc2)c1. The Balaban J connectivity index is 1.56. The first-order chi connectivity index (χ1) is 18.5. The van der Waals surface area contributed by atoms with E-state index < -0.39 is 0 Å². The van der Waals surface area contributed by atoms with E-state index >= 15 is 0 Å². The zero-order chi connectivity index (χ0) is 26.5. The maximum atomic E-state index is 14.3. The van der Waals surface area contributed by atoms with Gasteiger partial charge in [0.05, 0.1) is 5.56 Å². The first-order valence-corrected chi connectivity index (χ1v) is 13.8. The molecule has 1 N–H and O–H groups in total. The van der Waals surface area contributed by atoms with Gasteiger partial charge in [-0.15, -0.1) is 0 Å². The lowest BCUT2D eigenvalue weighted by Crippen LogP contribution is -2.31. The molecule has 1 atom stereocenters. The molecule has 1 fully saturated rings. The number of phenolic OH excluding ortho intramolecular Hbond substituents is 1. The van der Waals surface area contributed by atoms with Crippen LogP contribution in [0, 0.1) is 5.82 Å². The van der Waals surface area contributed by atoms with Crippen LogP contribution in [0.25, 0.3) is 0 Å². The zero-order valence-electron chi connectivity index (χ0n) is 21.0. The molecule has 0 aliphatic carbocycles. The smallest absolute Gasteiger partial charge is 0.196 e. The summed E-state index contributed by atoms with van der Waals surface area (Å²) in [4.78, 5) is 29.2. The summed E-state index contributed by atoms with van der Waals surface area (Å²) in [5.74, 6) is -1.03. The molecule has 0 bridgehead atoms. The summed E-state index contributed by atoms with van der Waals surface area (Å²) in [6.07, 6.45) is 3.47. The maximum absolute atomic E-state index is 14.3. The van der Waals surface area contributed by atoms with Gasteiger partial charge in [0.15, 0.2) is 11.6 Å². The molecule has 4 aromatic rings. The Morgan fingerprint density at radius 2 is 1.37 bits per heavy atom. The molecule has 0 spiro atoms. The molecule has 192 valence electrons. The highest BCUT2D eigenvalue weighted by atomic mass is 31.1. The van der Waals surface area contributed by atoms with E-state index in [1.165, 1.54) is 18.6 Å². The van der Waals surface area contributed by atoms with Gasteiger partial charge >= 0.3 is 0 Å². The van der Waals surface area contributed by atoms with E-state index in [0.717, 1.165) is 36.8 Å². The lowest BCUT2D eigenvalue weighted by Gasteiger charge is -2.27. The Kier molecular flexibility index (Phi) is 8.07. The Morgan fingerprint density at radius 1 is 0.737 bits per heavy atom. The fourth-order valence-electron chi connectivity index (χ4n) is 4.85. The first-order valence-electron chi connectivity index (χ1n) is 12.8. The van der Waals surface area contributed by atoms with Gasteiger partial charge in [-0.05, 0) is 61.1 Å². The summed E-state index contributed by atoms with van der Waals surface area (Å²) < 4.78 is 14.3. The highest BCUT2D eigenvalue weighted by Gasteiger charge is 2.22. The van der Waals surface area contributed by atoms with Crippen LogP contribution >= 0.6 is 8.58 Å². The summed E-state index contributed by atoms with van der Waals surface area (Å²) in [5, 5.41) is 12.7. The third-order valence-corrected chi connectivity index (χ3v) is 8.28. The molecule has 4 aromatic carbocycles. The predicted octanol–water partition coefficient (Wildman–Crippen LogP) is 5.61. The van der Waals surface area contributed by atoms with Gasteiger partial charge in [-0.2, -0.15) is 0 Å². The summed E-state index contributed by atoms with van der Waals surface area (Å²) in [6.45, 7) is 2.57. The summed E-state index contributed by atoms with van der Waals surface area (Å²) in [7, 11) is -0.0624. The van der Waals surface area contributed by atoms with E-state index in [1.807, 2.05) is 12.1 Å². The van der Waals surface area contributed by atoms with Gasteiger partial charge in [0.2, 0.25) is 0 Å². The van der Waals surface area contributed by atoms with Gasteiger partial charge < -0.3 is 5.11 Å². The number of phenols is 1. The number of carbonyl (C=O) groups excluding carboxylic acids is 2. The third-order valence-electron chi connectivity index (χ3n) is 6.87. The molecule has 0 saturated carbocycles. The molecule has 1 aliphatic rings. The molecule has 38 heavy (non-hydrogen) atoms. The number of carbonyl (C=O) groups is 2. The second kappa shape index (κ2) is 11.8. The number of hydrogen-bond donors (Lipinski definition) is 1. The molecule has 0 amide bonds. The Labute approximate surface area is 223 Å². The number of rotatable bonds is 8. The molecule has 1 saturated heterocycles. The fourth-order valence-corrected chi connectivity index (χ4v) is 6.10. The predicted molar refractivity (Wildman–Crippen MR) is 151 cm³/mol. The van der Waals surface area contributed by atoms with Crippen LogP contribution in [0.3, 0.4) is 0 Å². The lowest BCUT2D eigenvalue weighted by molar-refractivity contribution is 0.103. The van der Waals surface area contributed by atoms with Crippen LogP contribution in [0.15, 0.2) is 91.0 Å². The van der Waals surface area contributed by atoms with Gasteiger partial charge in [-0.1, -0.05) is 81.7 Å². The van der Waals surface area contributed by atoms with E-state index in [2.05, 4.69) is 4.90 Å². The van der Waals surface area contributed by atoms with Crippen molar-refractivity contribution in [3.63, 3.8) is 0 Å². The fraction of sp³-hybridized carbons (Fsp3) is 0.188. The normalized spacial score (nSPS) is 14.1. The standard InChI is InChI=1S/C32H29FNO3P/c33-26-14-15-28(25(18-26)21-34-16-8-3-9-17-34)38-29-20-24(30(35)22-10-4-1-5-11-22)19-27(32(29)37)31(36)23-12-6-2-7-13-23/h1-2,4-7,10-15,18-20,37-38H,3,8-9,16-17,21H2. The van der Waals surface area contributed by atoms with E-state index in [0.29, 0.717) is 28.5 Å². The highest BCUT2D eigenvalue weighted by Crippen LogP contribution is 2.29. The first kappa shape index (κ1) is 26.0. The summed E-state index contributed by atoms with van der Waals surface area (Å²) >= 11 is 0. The van der Waals surface area contributed by atoms with Gasteiger partial charge in [0, 0.05) is 28.5 Å². The highest BCUT2D eigenvalue weighted by molar-refractivity contribution is 7.55. The number of benzene rings is 4. The monoisotopic (exact) mass is 525 g/mol. The molecular formula is C32H29FNO3P. The molecule has 1 heterocycles. The summed E-state index contributed by atoms with van der Waals surface area (Å²) in [5.41, 5.74) is 2.20. The van der Waals surface area contributed by atoms with Crippen molar-refractivity contribution in [1.82, 2.24) is 4.90 Å². The van der Waals surface area contributed by atoms with Gasteiger partial charge in [0.25, 0.3) is 0 Å². The Morgan fingerprint density at radius 3 is 2.03 bits per heavy atom. The van der Waals surface area contributed by atoms with Crippen LogP contribution in [-0.4, -0.2) is 34.7 Å². The lowest BCUT2D eigenvalue weighted by atomic mass is 9.96. The number of hydrogen-bond acceptors (Lipinski definition) is 4. The van der Waals surface area contributed by atoms with Crippen molar-refractivity contribution in [2.24, 2.45) is 0 Å². The molecule has 6 heteroatoms. The molecule has 5 rings (SSSR count). The average molecular weight is 526 g/mol. The molecular weight excluding hydrogens is 496 g/mol. The molecule has 1 aliphatic heterocycles. The van der Waals surface area contributed by atoms with Gasteiger partial charge in [-0.25, -0.2) is 4.39 Å². The number of ketones is 2. The van der Waals surface area contributed by atoms with Crippen LogP contribution in [0.5, 0.6) is 5.75 Å². The van der Waals surface area contributed by atoms with Crippen LogP contribution in [-0.2, 0) is 6.54 Å². The van der Waals surface area contributed by atoms with E-state index in [9.17, 15) is 19.1 Å². The second-order valence-electron chi connectivity index (χ2n) is 9.57. The van der Waals surface area contributed by atoms with Gasteiger partial charge in [0.1, 0.15) is 11.6 Å². The quantitative estimate of drug-likeness (QED) is 0.240. The number of piperidine rings is 1. The molecule has 4 nitrogen and oxygen atoms in total. The average Bonchev–Trinajstić information content (AvgIpc) is 2.96. The van der Waals surface area contributed by atoms with Crippen molar-refractivity contribution in [3.8, 4) is 5.75 Å². The van der Waals surface area contributed by atoms with Crippen molar-refractivity contribution >= 4 is 30.8 Å². The van der Waals surface area contributed by atoms with Crippen LogP contribution < -0.4 is 10.6 Å². The van der Waals surface area contributed by atoms with Gasteiger partial charge in [-0.3, -0.25) is 14.5 Å². The number of likely N-dealkylation sites (tertiary alicyclic amines) is 1. The van der Waals surface area contributed by atoms with Crippen molar-refractivity contribution in [1.29, 1.82) is 0 Å². The molecule has 0 aromatic heterocycles. The Bertz CT molecular complexity index is 1450. The minimum Gasteiger partial charge on any atom is -0.507 e. The van der Waals surface area contributed by atoms with E-state index in [-0.39, 0.29) is 37.3 Å². The third kappa shape index (κ3) is 5.91. The zero-order valence-corrected chi connectivity index (χ0v) is 22.0. The van der Waals surface area contributed by atoms with Crippen LogP contribution in [0.2, 0.25) is 0 Å². The summed E-state index contributed by atoms with van der Waals surface area (Å²) in [6, 6.07) is 25.5. The van der Waals surface area contributed by atoms with Crippen molar-refractivity contribution in [3.05, 3.63) is 125 Å². The minimum atomic E-state index is -0.357. The van der Waals surface area contributed by atoms with Crippen LogP contribution in [0.1, 0.15) is 56.7 Å². The largest absolute Gasteiger partial charge is 0.507 e. The van der Waals surface area contributed by atoms with Crippen molar-refractivity contribution in [2.45, 2.75) is 25.8 Å². The van der Waals surface area contributed by atoms with Crippen molar-refractivity contribution < 1.29 is 19.1 Å². The maximum Gasteiger partial charge on any atom is 0.196 e. The topological polar surface area (TPSA) is 57.6 Å². The minimum absolute atomic E-state index is 0.0624. The number of aromatic hydroxyl groups is 1. The molecule has 1 unspecified atom stereocenters. The Hall–Kier alpha value is -3.66. The van der Waals surface area contributed by atoms with E-state index in [1.54, 1.807) is 66.7 Å². The molecule has 0 radical (unpaired) electrons. The van der Waals surface area contributed by atoms with E-state index in [4.69, 9.17) is 0 Å².